The Hall–Kier alpha value is -4.42. The number of nitrogens with zero attached hydrogens (tertiary/aromatic N) is 1. The molecule has 1 saturated carbocycles. The lowest BCUT2D eigenvalue weighted by Gasteiger charge is -2.25. The molecular formula is C39H44N2O4. The van der Waals surface area contributed by atoms with Crippen LogP contribution in [0.4, 0.5) is 5.69 Å². The molecule has 0 heterocycles. The van der Waals surface area contributed by atoms with Crippen LogP contribution < -0.4 is 15.0 Å². The predicted octanol–water partition coefficient (Wildman–Crippen LogP) is 8.20. The van der Waals surface area contributed by atoms with Gasteiger partial charge in [0.2, 0.25) is 5.91 Å². The van der Waals surface area contributed by atoms with Crippen molar-refractivity contribution in [3.05, 3.63) is 131 Å². The van der Waals surface area contributed by atoms with Crippen molar-refractivity contribution in [2.45, 2.75) is 71.1 Å². The van der Waals surface area contributed by atoms with Crippen LogP contribution in [0, 0.1) is 0 Å². The van der Waals surface area contributed by atoms with Gasteiger partial charge in [0.1, 0.15) is 24.5 Å². The lowest BCUT2D eigenvalue weighted by Crippen LogP contribution is -2.38. The third-order valence-electron chi connectivity index (χ3n) is 8.35. The van der Waals surface area contributed by atoms with Crippen LogP contribution in [0.15, 0.2) is 103 Å². The van der Waals surface area contributed by atoms with Gasteiger partial charge in [0.15, 0.2) is 0 Å². The van der Waals surface area contributed by atoms with E-state index in [2.05, 4.69) is 36.5 Å². The summed E-state index contributed by atoms with van der Waals surface area (Å²) >= 11 is 0. The summed E-state index contributed by atoms with van der Waals surface area (Å²) in [7, 11) is 0. The standard InChI is InChI=1S/C39H44N2O4/c1-2-24-40-26-38(42)41(27-30-18-20-34(21-19-30)33-16-10-5-11-17-33)35-22-23-36(39(43)45-29-32-14-8-4-9-15-32)37(25-35)44-28-31-12-6-3-7-13-31/h3-4,6-9,12-15,18-23,25,33,40H,2,5,10-11,16-17,24,26-29H2,1H3. The average Bonchev–Trinajstić information content (AvgIpc) is 3.10. The van der Waals surface area contributed by atoms with Gasteiger partial charge in [-0.3, -0.25) is 4.79 Å². The Morgan fingerprint density at radius 3 is 2.11 bits per heavy atom. The minimum absolute atomic E-state index is 0.0479. The SMILES string of the molecule is CCCNCC(=O)N(Cc1ccc(C2CCCCC2)cc1)c1ccc(C(=O)OCc2ccccc2)c(OCc2ccccc2)c1. The molecule has 234 valence electrons. The van der Waals surface area contributed by atoms with Crippen LogP contribution in [-0.2, 0) is 29.3 Å². The first-order valence-corrected chi connectivity index (χ1v) is 16.2. The van der Waals surface area contributed by atoms with Gasteiger partial charge in [0, 0.05) is 11.8 Å². The average molecular weight is 605 g/mol. The Balaban J connectivity index is 1.40. The maximum atomic E-state index is 13.6. The fourth-order valence-electron chi connectivity index (χ4n) is 5.81. The van der Waals surface area contributed by atoms with Crippen LogP contribution in [0.1, 0.15) is 84.0 Å². The minimum atomic E-state index is -0.478. The number of amides is 1. The van der Waals surface area contributed by atoms with E-state index in [1.54, 1.807) is 17.0 Å². The number of rotatable bonds is 14. The van der Waals surface area contributed by atoms with Gasteiger partial charge in [-0.15, -0.1) is 0 Å². The van der Waals surface area contributed by atoms with Gasteiger partial charge in [0.05, 0.1) is 13.1 Å². The zero-order valence-corrected chi connectivity index (χ0v) is 26.3. The van der Waals surface area contributed by atoms with E-state index in [4.69, 9.17) is 9.47 Å². The number of nitrogens with one attached hydrogen (secondary N) is 1. The van der Waals surface area contributed by atoms with E-state index in [9.17, 15) is 9.59 Å². The topological polar surface area (TPSA) is 67.9 Å². The molecule has 4 aromatic rings. The minimum Gasteiger partial charge on any atom is -0.488 e. The summed E-state index contributed by atoms with van der Waals surface area (Å²) in [4.78, 5) is 28.7. The van der Waals surface area contributed by atoms with E-state index >= 15 is 0 Å². The molecule has 4 aromatic carbocycles. The van der Waals surface area contributed by atoms with Crippen LogP contribution >= 0.6 is 0 Å². The monoisotopic (exact) mass is 604 g/mol. The Labute approximate surface area is 267 Å². The number of benzene rings is 4. The lowest BCUT2D eigenvalue weighted by atomic mass is 9.84. The van der Waals surface area contributed by atoms with Crippen molar-refractivity contribution in [1.29, 1.82) is 0 Å². The van der Waals surface area contributed by atoms with Crippen molar-refractivity contribution in [1.82, 2.24) is 5.32 Å². The molecule has 0 unspecified atom stereocenters. The highest BCUT2D eigenvalue weighted by atomic mass is 16.5. The molecule has 1 N–H and O–H groups in total. The Morgan fingerprint density at radius 2 is 1.44 bits per heavy atom. The second-order valence-electron chi connectivity index (χ2n) is 11.7. The van der Waals surface area contributed by atoms with Crippen LogP contribution in [0.25, 0.3) is 0 Å². The number of ether oxygens (including phenoxy) is 2. The number of carbonyl (C=O) groups excluding carboxylic acids is 2. The van der Waals surface area contributed by atoms with E-state index in [1.165, 1.54) is 37.7 Å². The van der Waals surface area contributed by atoms with E-state index in [1.807, 2.05) is 66.7 Å². The zero-order valence-electron chi connectivity index (χ0n) is 26.3. The number of esters is 1. The normalized spacial score (nSPS) is 13.3. The Bertz CT molecular complexity index is 1500. The Kier molecular flexibility index (Phi) is 11.8. The first-order valence-electron chi connectivity index (χ1n) is 16.2. The van der Waals surface area contributed by atoms with E-state index in [0.29, 0.717) is 29.5 Å². The predicted molar refractivity (Wildman–Crippen MR) is 179 cm³/mol. The molecule has 1 fully saturated rings. The van der Waals surface area contributed by atoms with Crippen LogP contribution in [0.5, 0.6) is 5.75 Å². The Morgan fingerprint density at radius 1 is 0.778 bits per heavy atom. The highest BCUT2D eigenvalue weighted by Gasteiger charge is 2.22. The smallest absolute Gasteiger partial charge is 0.342 e. The second kappa shape index (κ2) is 16.6. The molecule has 0 radical (unpaired) electrons. The van der Waals surface area contributed by atoms with Crippen LogP contribution in [0.3, 0.4) is 0 Å². The molecule has 5 rings (SSSR count). The molecule has 1 amide bonds. The molecule has 0 bridgehead atoms. The summed E-state index contributed by atoms with van der Waals surface area (Å²) < 4.78 is 11.9. The summed E-state index contributed by atoms with van der Waals surface area (Å²) in [5.41, 5.74) is 5.30. The summed E-state index contributed by atoms with van der Waals surface area (Å²) in [6.07, 6.45) is 7.36. The van der Waals surface area contributed by atoms with Gasteiger partial charge < -0.3 is 19.7 Å². The van der Waals surface area contributed by atoms with Crippen molar-refractivity contribution >= 4 is 17.6 Å². The maximum absolute atomic E-state index is 13.6. The van der Waals surface area contributed by atoms with Crippen LogP contribution in [-0.4, -0.2) is 25.0 Å². The van der Waals surface area contributed by atoms with E-state index in [-0.39, 0.29) is 25.7 Å². The van der Waals surface area contributed by atoms with Gasteiger partial charge in [-0.1, -0.05) is 111 Å². The van der Waals surface area contributed by atoms with Crippen molar-refractivity contribution in [3.8, 4) is 5.75 Å². The molecular weight excluding hydrogens is 560 g/mol. The molecule has 0 aliphatic heterocycles. The number of anilines is 1. The maximum Gasteiger partial charge on any atom is 0.342 e. The third-order valence-corrected chi connectivity index (χ3v) is 8.35. The third kappa shape index (κ3) is 9.29. The molecule has 45 heavy (non-hydrogen) atoms. The number of carbonyl (C=O) groups is 2. The molecule has 1 aliphatic carbocycles. The highest BCUT2D eigenvalue weighted by molar-refractivity contribution is 5.97. The lowest BCUT2D eigenvalue weighted by molar-refractivity contribution is -0.117. The molecule has 0 saturated heterocycles. The van der Waals surface area contributed by atoms with Crippen molar-refractivity contribution in [2.75, 3.05) is 18.0 Å². The fourth-order valence-corrected chi connectivity index (χ4v) is 5.81. The molecule has 0 spiro atoms. The van der Waals surface area contributed by atoms with Crippen molar-refractivity contribution < 1.29 is 19.1 Å². The highest BCUT2D eigenvalue weighted by Crippen LogP contribution is 2.33. The molecule has 0 atom stereocenters. The molecule has 0 aromatic heterocycles. The van der Waals surface area contributed by atoms with Gasteiger partial charge in [0.25, 0.3) is 0 Å². The quantitative estimate of drug-likeness (QED) is 0.116. The zero-order chi connectivity index (χ0) is 31.3. The molecule has 6 heteroatoms. The summed E-state index contributed by atoms with van der Waals surface area (Å²) in [5, 5.41) is 3.25. The summed E-state index contributed by atoms with van der Waals surface area (Å²) in [6, 6.07) is 33.4. The van der Waals surface area contributed by atoms with Crippen molar-refractivity contribution in [3.63, 3.8) is 0 Å². The number of hydrogen-bond donors (Lipinski definition) is 1. The second-order valence-corrected chi connectivity index (χ2v) is 11.7. The molecule has 1 aliphatic rings. The van der Waals surface area contributed by atoms with Crippen LogP contribution in [0.2, 0.25) is 0 Å². The van der Waals surface area contributed by atoms with Gasteiger partial charge in [-0.25, -0.2) is 4.79 Å². The number of hydrogen-bond acceptors (Lipinski definition) is 5. The molecule has 6 nitrogen and oxygen atoms in total. The van der Waals surface area contributed by atoms with E-state index in [0.717, 1.165) is 29.7 Å². The van der Waals surface area contributed by atoms with Gasteiger partial charge in [-0.05, 0) is 66.1 Å². The first kappa shape index (κ1) is 32.0. The summed E-state index contributed by atoms with van der Waals surface area (Å²) in [6.45, 7) is 3.90. The fraction of sp³-hybridized carbons (Fsp3) is 0.333. The largest absolute Gasteiger partial charge is 0.488 e. The first-order chi connectivity index (χ1) is 22.1. The summed E-state index contributed by atoms with van der Waals surface area (Å²) in [5.74, 6) is 0.478. The van der Waals surface area contributed by atoms with Gasteiger partial charge in [-0.2, -0.15) is 0 Å². The van der Waals surface area contributed by atoms with Crippen molar-refractivity contribution in [2.24, 2.45) is 0 Å². The van der Waals surface area contributed by atoms with Gasteiger partial charge >= 0.3 is 5.97 Å². The van der Waals surface area contributed by atoms with E-state index < -0.39 is 5.97 Å².